The number of nitrogens with two attached hydrogens (primary N) is 1. The zero-order valence-electron chi connectivity index (χ0n) is 9.20. The van der Waals surface area contributed by atoms with Crippen molar-refractivity contribution in [3.05, 3.63) is 21.3 Å². The van der Waals surface area contributed by atoms with Crippen LogP contribution in [0.5, 0.6) is 0 Å². The number of carbonyl (C=O) groups is 1. The van der Waals surface area contributed by atoms with Gasteiger partial charge in [-0.25, -0.2) is 0 Å². The van der Waals surface area contributed by atoms with Gasteiger partial charge in [-0.3, -0.25) is 4.79 Å². The molecule has 92 valence electrons. The molecule has 0 radical (unpaired) electrons. The molecule has 1 amide bonds. The number of rotatable bonds is 4. The average molecular weight is 283 g/mol. The lowest BCUT2D eigenvalue weighted by atomic mass is 10.2. The standard InChI is InChI=1S/C10H15ClN2OS.ClH/c1-3-7(13-10(14)6(2)12)8-4-5-9(11)15-8;/h4-7H,3,12H2,1-2H3,(H,13,14);1H/t6-,7?;/m1./s1. The minimum Gasteiger partial charge on any atom is -0.347 e. The molecule has 3 N–H and O–H groups in total. The zero-order valence-corrected chi connectivity index (χ0v) is 11.6. The number of hydrogen-bond donors (Lipinski definition) is 2. The number of nitrogens with one attached hydrogen (secondary N) is 1. The Balaban J connectivity index is 0.00000225. The summed E-state index contributed by atoms with van der Waals surface area (Å²) in [7, 11) is 0. The highest BCUT2D eigenvalue weighted by atomic mass is 35.5. The van der Waals surface area contributed by atoms with E-state index in [0.717, 1.165) is 15.6 Å². The fourth-order valence-corrected chi connectivity index (χ4v) is 2.39. The summed E-state index contributed by atoms with van der Waals surface area (Å²) >= 11 is 7.33. The second-order valence-corrected chi connectivity index (χ2v) is 5.15. The van der Waals surface area contributed by atoms with E-state index in [1.54, 1.807) is 6.92 Å². The van der Waals surface area contributed by atoms with Crippen LogP contribution in [0.4, 0.5) is 0 Å². The van der Waals surface area contributed by atoms with E-state index in [1.165, 1.54) is 11.3 Å². The third-order valence-corrected chi connectivity index (χ3v) is 3.42. The van der Waals surface area contributed by atoms with E-state index >= 15 is 0 Å². The molecule has 0 saturated heterocycles. The van der Waals surface area contributed by atoms with Crippen LogP contribution in [-0.4, -0.2) is 11.9 Å². The summed E-state index contributed by atoms with van der Waals surface area (Å²) in [5.41, 5.74) is 5.49. The van der Waals surface area contributed by atoms with Gasteiger partial charge < -0.3 is 11.1 Å². The lowest BCUT2D eigenvalue weighted by Gasteiger charge is -2.16. The highest BCUT2D eigenvalue weighted by Crippen LogP contribution is 2.28. The molecule has 2 atom stereocenters. The van der Waals surface area contributed by atoms with Crippen molar-refractivity contribution in [2.75, 3.05) is 0 Å². The van der Waals surface area contributed by atoms with Crippen LogP contribution in [0.3, 0.4) is 0 Å². The van der Waals surface area contributed by atoms with Crippen molar-refractivity contribution in [2.45, 2.75) is 32.4 Å². The minimum atomic E-state index is -0.477. The Morgan fingerprint density at radius 2 is 2.25 bits per heavy atom. The predicted molar refractivity (Wildman–Crippen MR) is 71.4 cm³/mol. The first-order valence-electron chi connectivity index (χ1n) is 4.85. The first-order chi connectivity index (χ1) is 7.04. The first-order valence-corrected chi connectivity index (χ1v) is 6.05. The van der Waals surface area contributed by atoms with Crippen molar-refractivity contribution in [3.8, 4) is 0 Å². The quantitative estimate of drug-likeness (QED) is 0.892. The van der Waals surface area contributed by atoms with Crippen LogP contribution >= 0.6 is 35.3 Å². The van der Waals surface area contributed by atoms with Gasteiger partial charge in [0.25, 0.3) is 0 Å². The van der Waals surface area contributed by atoms with Crippen LogP contribution < -0.4 is 11.1 Å². The number of thiophene rings is 1. The van der Waals surface area contributed by atoms with Gasteiger partial charge in [-0.15, -0.1) is 23.7 Å². The van der Waals surface area contributed by atoms with E-state index in [2.05, 4.69) is 5.32 Å². The highest BCUT2D eigenvalue weighted by molar-refractivity contribution is 7.16. The van der Waals surface area contributed by atoms with E-state index < -0.39 is 6.04 Å². The Morgan fingerprint density at radius 1 is 1.62 bits per heavy atom. The molecule has 0 aliphatic carbocycles. The minimum absolute atomic E-state index is 0. The van der Waals surface area contributed by atoms with Crippen LogP contribution in [-0.2, 0) is 4.79 Å². The first kappa shape index (κ1) is 15.7. The fourth-order valence-electron chi connectivity index (χ4n) is 1.19. The van der Waals surface area contributed by atoms with Gasteiger partial charge in [0.05, 0.1) is 16.4 Å². The number of hydrogen-bond acceptors (Lipinski definition) is 3. The van der Waals surface area contributed by atoms with Crippen LogP contribution in [0.1, 0.15) is 31.2 Å². The molecule has 0 bridgehead atoms. The molecule has 1 heterocycles. The average Bonchev–Trinajstić information content (AvgIpc) is 2.60. The molecule has 3 nitrogen and oxygen atoms in total. The maximum atomic E-state index is 11.4. The van der Waals surface area contributed by atoms with E-state index in [9.17, 15) is 4.79 Å². The summed E-state index contributed by atoms with van der Waals surface area (Å²) in [5, 5.41) is 2.88. The van der Waals surface area contributed by atoms with Crippen molar-refractivity contribution >= 4 is 41.3 Å². The summed E-state index contributed by atoms with van der Waals surface area (Å²) < 4.78 is 0.735. The monoisotopic (exact) mass is 282 g/mol. The Kier molecular flexibility index (Phi) is 6.99. The van der Waals surface area contributed by atoms with E-state index in [-0.39, 0.29) is 24.4 Å². The van der Waals surface area contributed by atoms with Crippen molar-refractivity contribution in [2.24, 2.45) is 5.73 Å². The van der Waals surface area contributed by atoms with Gasteiger partial charge >= 0.3 is 0 Å². The molecule has 1 aromatic heterocycles. The maximum Gasteiger partial charge on any atom is 0.237 e. The molecule has 0 aromatic carbocycles. The molecular formula is C10H16Cl2N2OS. The van der Waals surface area contributed by atoms with Crippen LogP contribution in [0.2, 0.25) is 4.34 Å². The molecule has 0 spiro atoms. The fraction of sp³-hybridized carbons (Fsp3) is 0.500. The van der Waals surface area contributed by atoms with Gasteiger partial charge in [0.1, 0.15) is 0 Å². The number of amides is 1. The predicted octanol–water partition coefficient (Wildman–Crippen LogP) is 2.74. The molecule has 0 aliphatic rings. The van der Waals surface area contributed by atoms with Crippen molar-refractivity contribution < 1.29 is 4.79 Å². The van der Waals surface area contributed by atoms with Gasteiger partial charge in [-0.2, -0.15) is 0 Å². The summed E-state index contributed by atoms with van der Waals surface area (Å²) in [5.74, 6) is -0.133. The van der Waals surface area contributed by atoms with Gasteiger partial charge in [-0.05, 0) is 25.5 Å². The maximum absolute atomic E-state index is 11.4. The Hall–Kier alpha value is -0.290. The molecule has 1 rings (SSSR count). The van der Waals surface area contributed by atoms with E-state index in [4.69, 9.17) is 17.3 Å². The topological polar surface area (TPSA) is 55.1 Å². The second-order valence-electron chi connectivity index (χ2n) is 3.40. The largest absolute Gasteiger partial charge is 0.347 e. The summed E-state index contributed by atoms with van der Waals surface area (Å²) in [6, 6.07) is 3.31. The van der Waals surface area contributed by atoms with Crippen molar-refractivity contribution in [3.63, 3.8) is 0 Å². The molecule has 0 fully saturated rings. The van der Waals surface area contributed by atoms with Gasteiger partial charge in [0.2, 0.25) is 5.91 Å². The number of halogens is 2. The highest BCUT2D eigenvalue weighted by Gasteiger charge is 2.16. The SMILES string of the molecule is CCC(NC(=O)[C@@H](C)N)c1ccc(Cl)s1.Cl. The zero-order chi connectivity index (χ0) is 11.4. The molecule has 1 unspecified atom stereocenters. The van der Waals surface area contributed by atoms with Crippen molar-refractivity contribution in [1.29, 1.82) is 0 Å². The Morgan fingerprint density at radius 3 is 2.62 bits per heavy atom. The third-order valence-electron chi connectivity index (χ3n) is 2.08. The summed E-state index contributed by atoms with van der Waals surface area (Å²) in [4.78, 5) is 12.5. The Labute approximate surface area is 111 Å². The molecular weight excluding hydrogens is 267 g/mol. The van der Waals surface area contributed by atoms with Gasteiger partial charge in [-0.1, -0.05) is 18.5 Å². The van der Waals surface area contributed by atoms with Crippen LogP contribution in [0.15, 0.2) is 12.1 Å². The van der Waals surface area contributed by atoms with Crippen molar-refractivity contribution in [1.82, 2.24) is 5.32 Å². The van der Waals surface area contributed by atoms with Crippen LogP contribution in [0.25, 0.3) is 0 Å². The van der Waals surface area contributed by atoms with Crippen LogP contribution in [0, 0.1) is 0 Å². The molecule has 0 aliphatic heterocycles. The van der Waals surface area contributed by atoms with Gasteiger partial charge in [0, 0.05) is 4.88 Å². The number of carbonyl (C=O) groups excluding carboxylic acids is 1. The summed E-state index contributed by atoms with van der Waals surface area (Å²) in [6.07, 6.45) is 0.829. The smallest absolute Gasteiger partial charge is 0.237 e. The van der Waals surface area contributed by atoms with E-state index in [1.807, 2.05) is 19.1 Å². The third kappa shape index (κ3) is 4.29. The van der Waals surface area contributed by atoms with E-state index in [0.29, 0.717) is 0 Å². The lowest BCUT2D eigenvalue weighted by molar-refractivity contribution is -0.122. The molecule has 6 heteroatoms. The molecule has 0 saturated carbocycles. The van der Waals surface area contributed by atoms with Gasteiger partial charge in [0.15, 0.2) is 0 Å². The summed E-state index contributed by atoms with van der Waals surface area (Å²) in [6.45, 7) is 3.68. The second kappa shape index (κ2) is 7.12. The molecule has 1 aromatic rings. The Bertz CT molecular complexity index is 341. The normalized spacial score (nSPS) is 13.8. The lowest BCUT2D eigenvalue weighted by Crippen LogP contribution is -2.39. The molecule has 16 heavy (non-hydrogen) atoms.